The number of rotatable bonds is 55. The van der Waals surface area contributed by atoms with Crippen LogP contribution in [0.25, 0.3) is 0 Å². The van der Waals surface area contributed by atoms with Crippen LogP contribution in [0, 0.1) is 0 Å². The molecule has 6 nitrogen and oxygen atoms in total. The summed E-state index contributed by atoms with van der Waals surface area (Å²) in [5, 5.41) is 23.0. The number of carbonyl (C=O) groups excluding carboxylic acids is 2. The van der Waals surface area contributed by atoms with Gasteiger partial charge in [0, 0.05) is 12.8 Å². The molecule has 0 saturated carbocycles. The predicted molar refractivity (Wildman–Crippen MR) is 283 cm³/mol. The van der Waals surface area contributed by atoms with Crippen LogP contribution in [-0.2, 0) is 14.3 Å². The Bertz CT molecular complexity index is 970. The van der Waals surface area contributed by atoms with Gasteiger partial charge in [-0.3, -0.25) is 9.59 Å². The minimum atomic E-state index is -0.842. The quantitative estimate of drug-likeness (QED) is 0.0321. The van der Waals surface area contributed by atoms with Crippen molar-refractivity contribution in [1.82, 2.24) is 5.32 Å². The van der Waals surface area contributed by atoms with E-state index in [-0.39, 0.29) is 18.5 Å². The van der Waals surface area contributed by atoms with Gasteiger partial charge in [-0.2, -0.15) is 0 Å². The van der Waals surface area contributed by atoms with Gasteiger partial charge in [-0.25, -0.2) is 0 Å². The summed E-state index contributed by atoms with van der Waals surface area (Å²) < 4.78 is 5.49. The third-order valence-electron chi connectivity index (χ3n) is 13.8. The van der Waals surface area contributed by atoms with Gasteiger partial charge in [0.15, 0.2) is 0 Å². The molecule has 2 unspecified atom stereocenters. The molecule has 3 N–H and O–H groups in total. The van der Waals surface area contributed by atoms with Crippen LogP contribution in [0.1, 0.15) is 328 Å². The van der Waals surface area contributed by atoms with Crippen molar-refractivity contribution in [3.8, 4) is 0 Å². The lowest BCUT2D eigenvalue weighted by Gasteiger charge is -2.20. The molecule has 0 aromatic carbocycles. The molecule has 0 aromatic rings. The third-order valence-corrected chi connectivity index (χ3v) is 13.8. The highest BCUT2D eigenvalue weighted by Crippen LogP contribution is 2.18. The minimum Gasteiger partial charge on any atom is -0.466 e. The first-order valence-electron chi connectivity index (χ1n) is 29.5. The van der Waals surface area contributed by atoms with Crippen molar-refractivity contribution in [2.75, 3.05) is 13.2 Å². The number of aliphatic hydroxyl groups is 2. The van der Waals surface area contributed by atoms with E-state index in [2.05, 4.69) is 19.2 Å². The van der Waals surface area contributed by atoms with Crippen LogP contribution in [0.5, 0.6) is 0 Å². The number of allylic oxidation sites excluding steroid dienone is 1. The molecule has 1 amide bonds. The molecule has 0 radical (unpaired) electrons. The van der Waals surface area contributed by atoms with E-state index in [1.807, 2.05) is 6.08 Å². The second-order valence-electron chi connectivity index (χ2n) is 20.3. The zero-order valence-electron chi connectivity index (χ0n) is 44.0. The van der Waals surface area contributed by atoms with Gasteiger partial charge in [-0.1, -0.05) is 296 Å². The Labute approximate surface area is 406 Å². The molecular weight excluding hydrogens is 803 g/mol. The number of aliphatic hydroxyl groups excluding tert-OH is 2. The molecule has 0 bridgehead atoms. The highest BCUT2D eigenvalue weighted by molar-refractivity contribution is 5.76. The summed E-state index contributed by atoms with van der Waals surface area (Å²) in [6, 6.07) is -0.626. The average Bonchev–Trinajstić information content (AvgIpc) is 3.31. The molecule has 386 valence electrons. The zero-order chi connectivity index (χ0) is 47.2. The SMILES string of the molecule is CCCCCCCCCCC/C=C/C(O)C(CO)NC(=O)CCCCCCCCCCCCCCCCCCCCCCCOC(=O)CCCCCCCCCCCCCCCCCC. The molecule has 0 aliphatic heterocycles. The standard InChI is InChI=1S/C59H115NO5/c1-3-5-7-9-11-13-15-16-17-26-29-33-37-41-45-49-53-59(64)65-54-50-46-42-38-34-30-27-24-22-20-18-19-21-23-25-28-32-36-40-44-48-52-58(63)60-56(55-61)57(62)51-47-43-39-35-31-14-12-10-8-6-4-2/h47,51,56-57,61-62H,3-46,48-50,52-55H2,1-2H3,(H,60,63)/b51-47+. The largest absolute Gasteiger partial charge is 0.466 e. The van der Waals surface area contributed by atoms with Crippen molar-refractivity contribution in [1.29, 1.82) is 0 Å². The molecule has 0 saturated heterocycles. The number of hydrogen-bond acceptors (Lipinski definition) is 5. The van der Waals surface area contributed by atoms with Crippen molar-refractivity contribution in [3.63, 3.8) is 0 Å². The van der Waals surface area contributed by atoms with Crippen molar-refractivity contribution >= 4 is 11.9 Å². The van der Waals surface area contributed by atoms with E-state index in [1.54, 1.807) is 6.08 Å². The molecule has 0 heterocycles. The molecule has 0 fully saturated rings. The number of nitrogens with one attached hydrogen (secondary N) is 1. The van der Waals surface area contributed by atoms with Gasteiger partial charge in [-0.15, -0.1) is 0 Å². The van der Waals surface area contributed by atoms with Crippen LogP contribution < -0.4 is 5.32 Å². The fraction of sp³-hybridized carbons (Fsp3) is 0.932. The topological polar surface area (TPSA) is 95.9 Å². The fourth-order valence-corrected chi connectivity index (χ4v) is 9.28. The first kappa shape index (κ1) is 63.6. The predicted octanol–water partition coefficient (Wildman–Crippen LogP) is 18.1. The van der Waals surface area contributed by atoms with Crippen LogP contribution in [0.4, 0.5) is 0 Å². The monoisotopic (exact) mass is 918 g/mol. The maximum atomic E-state index is 12.4. The Morgan fingerprint density at radius 1 is 0.415 bits per heavy atom. The van der Waals surface area contributed by atoms with Gasteiger partial charge in [0.05, 0.1) is 25.4 Å². The normalized spacial score (nSPS) is 12.6. The molecule has 65 heavy (non-hydrogen) atoms. The van der Waals surface area contributed by atoms with E-state index in [4.69, 9.17) is 4.74 Å². The number of hydrogen-bond donors (Lipinski definition) is 3. The lowest BCUT2D eigenvalue weighted by molar-refractivity contribution is -0.143. The summed E-state index contributed by atoms with van der Waals surface area (Å²) in [6.07, 6.45) is 65.3. The van der Waals surface area contributed by atoms with Gasteiger partial charge in [0.1, 0.15) is 0 Å². The van der Waals surface area contributed by atoms with E-state index < -0.39 is 12.1 Å². The number of amides is 1. The van der Waals surface area contributed by atoms with Gasteiger partial charge in [0.25, 0.3) is 0 Å². The van der Waals surface area contributed by atoms with Crippen LogP contribution in [0.15, 0.2) is 12.2 Å². The highest BCUT2D eigenvalue weighted by atomic mass is 16.5. The van der Waals surface area contributed by atoms with Crippen molar-refractivity contribution in [2.24, 2.45) is 0 Å². The summed E-state index contributed by atoms with van der Waals surface area (Å²) in [5.41, 5.74) is 0. The fourth-order valence-electron chi connectivity index (χ4n) is 9.28. The Hall–Kier alpha value is -1.40. The molecule has 6 heteroatoms. The van der Waals surface area contributed by atoms with E-state index >= 15 is 0 Å². The summed E-state index contributed by atoms with van der Waals surface area (Å²) in [5.74, 6) is -0.0538. The second kappa shape index (κ2) is 55.2. The number of unbranched alkanes of at least 4 members (excludes halogenated alkanes) is 44. The minimum absolute atomic E-state index is 0.0151. The van der Waals surface area contributed by atoms with E-state index in [0.717, 1.165) is 38.5 Å². The average molecular weight is 919 g/mol. The second-order valence-corrected chi connectivity index (χ2v) is 20.3. The lowest BCUT2D eigenvalue weighted by Crippen LogP contribution is -2.45. The maximum Gasteiger partial charge on any atom is 0.305 e. The Morgan fingerprint density at radius 3 is 1.05 bits per heavy atom. The third kappa shape index (κ3) is 51.8. The van der Waals surface area contributed by atoms with Crippen LogP contribution >= 0.6 is 0 Å². The smallest absolute Gasteiger partial charge is 0.305 e. The van der Waals surface area contributed by atoms with Gasteiger partial charge in [-0.05, 0) is 32.1 Å². The van der Waals surface area contributed by atoms with E-state index in [9.17, 15) is 19.8 Å². The summed E-state index contributed by atoms with van der Waals surface area (Å²) in [7, 11) is 0. The molecule has 0 aliphatic rings. The van der Waals surface area contributed by atoms with Crippen molar-refractivity contribution in [2.45, 2.75) is 341 Å². The van der Waals surface area contributed by atoms with Crippen LogP contribution in [-0.4, -0.2) is 47.4 Å². The molecule has 0 aliphatic carbocycles. The van der Waals surface area contributed by atoms with E-state index in [1.165, 1.54) is 263 Å². The number of carbonyl (C=O) groups is 2. The first-order valence-corrected chi connectivity index (χ1v) is 29.5. The Balaban J connectivity index is 3.36. The van der Waals surface area contributed by atoms with Crippen LogP contribution in [0.2, 0.25) is 0 Å². The van der Waals surface area contributed by atoms with Crippen molar-refractivity contribution < 1.29 is 24.5 Å². The molecule has 0 spiro atoms. The molecule has 0 rings (SSSR count). The van der Waals surface area contributed by atoms with Gasteiger partial charge in [0.2, 0.25) is 5.91 Å². The summed E-state index contributed by atoms with van der Waals surface area (Å²) in [4.78, 5) is 24.5. The molecule has 0 aromatic heterocycles. The number of ether oxygens (including phenoxy) is 1. The molecule has 2 atom stereocenters. The lowest BCUT2D eigenvalue weighted by atomic mass is 10.0. The summed E-state index contributed by atoms with van der Waals surface area (Å²) in [6.45, 7) is 4.91. The Morgan fingerprint density at radius 2 is 0.708 bits per heavy atom. The summed E-state index contributed by atoms with van der Waals surface area (Å²) >= 11 is 0. The van der Waals surface area contributed by atoms with Gasteiger partial charge >= 0.3 is 5.97 Å². The Kier molecular flexibility index (Phi) is 54.0. The number of esters is 1. The zero-order valence-corrected chi connectivity index (χ0v) is 44.0. The van der Waals surface area contributed by atoms with Gasteiger partial charge < -0.3 is 20.3 Å². The van der Waals surface area contributed by atoms with Crippen molar-refractivity contribution in [3.05, 3.63) is 12.2 Å². The van der Waals surface area contributed by atoms with Crippen LogP contribution in [0.3, 0.4) is 0 Å². The highest BCUT2D eigenvalue weighted by Gasteiger charge is 2.18. The van der Waals surface area contributed by atoms with E-state index in [0.29, 0.717) is 19.4 Å². The maximum absolute atomic E-state index is 12.4. The molecular formula is C59H115NO5. The first-order chi connectivity index (χ1) is 32.0.